The lowest BCUT2D eigenvalue weighted by Crippen LogP contribution is -2.31. The molecule has 6 nitrogen and oxygen atoms in total. The van der Waals surface area contributed by atoms with Gasteiger partial charge in [-0.15, -0.1) is 11.3 Å². The van der Waals surface area contributed by atoms with Gasteiger partial charge in [-0.05, 0) is 36.1 Å². The van der Waals surface area contributed by atoms with Crippen molar-refractivity contribution < 1.29 is 14.3 Å². The summed E-state index contributed by atoms with van der Waals surface area (Å²) in [6, 6.07) is 7.67. The van der Waals surface area contributed by atoms with Gasteiger partial charge >= 0.3 is 0 Å². The zero-order valence-corrected chi connectivity index (χ0v) is 17.1. The third-order valence-corrected chi connectivity index (χ3v) is 6.11. The zero-order chi connectivity index (χ0) is 19.2. The molecule has 3 aromatic rings. The molecule has 0 aliphatic heterocycles. The van der Waals surface area contributed by atoms with Gasteiger partial charge in [0.1, 0.15) is 11.4 Å². The summed E-state index contributed by atoms with van der Waals surface area (Å²) >= 11 is 3.05. The number of thioether (sulfide) groups is 1. The smallest absolute Gasteiger partial charge is 0.233 e. The minimum Gasteiger partial charge on any atom is -0.493 e. The normalized spacial score (nSPS) is 10.8. The molecule has 2 heterocycles. The fourth-order valence-electron chi connectivity index (χ4n) is 2.67. The Kier molecular flexibility index (Phi) is 6.52. The van der Waals surface area contributed by atoms with E-state index in [1.54, 1.807) is 31.9 Å². The Labute approximate surface area is 166 Å². The number of hydrogen-bond donors (Lipinski definition) is 0. The monoisotopic (exact) mass is 403 g/mol. The van der Waals surface area contributed by atoms with Crippen LogP contribution in [0, 0.1) is 0 Å². The van der Waals surface area contributed by atoms with Crippen LogP contribution in [0.15, 0.2) is 41.0 Å². The fraction of sp³-hybridized carbons (Fsp3) is 0.316. The first kappa shape index (κ1) is 19.4. The van der Waals surface area contributed by atoms with E-state index in [0.717, 1.165) is 20.8 Å². The van der Waals surface area contributed by atoms with Crippen LogP contribution in [-0.4, -0.2) is 47.3 Å². The van der Waals surface area contributed by atoms with Crippen molar-refractivity contribution in [1.29, 1.82) is 0 Å². The average molecular weight is 404 g/mol. The molecule has 0 aliphatic rings. The second-order valence-corrected chi connectivity index (χ2v) is 7.58. The maximum Gasteiger partial charge on any atom is 0.233 e. The summed E-state index contributed by atoms with van der Waals surface area (Å²) in [5.74, 6) is 1.75. The van der Waals surface area contributed by atoms with Crippen molar-refractivity contribution in [3.63, 3.8) is 0 Å². The van der Waals surface area contributed by atoms with Crippen LogP contribution in [-0.2, 0) is 11.3 Å². The Morgan fingerprint density at radius 2 is 2.00 bits per heavy atom. The maximum atomic E-state index is 12.7. The van der Waals surface area contributed by atoms with E-state index in [4.69, 9.17) is 9.47 Å². The number of fused-ring (bicyclic) bond motifs is 1. The van der Waals surface area contributed by atoms with Gasteiger partial charge in [0.25, 0.3) is 0 Å². The average Bonchev–Trinajstić information content (AvgIpc) is 3.19. The Hall–Kier alpha value is -2.32. The molecule has 27 heavy (non-hydrogen) atoms. The number of carbonyl (C=O) groups is 1. The van der Waals surface area contributed by atoms with Crippen LogP contribution in [0.2, 0.25) is 0 Å². The van der Waals surface area contributed by atoms with Crippen LogP contribution in [0.4, 0.5) is 0 Å². The molecule has 0 bridgehead atoms. The van der Waals surface area contributed by atoms with Gasteiger partial charge in [-0.25, -0.2) is 9.97 Å². The number of thiophene rings is 1. The van der Waals surface area contributed by atoms with Crippen molar-refractivity contribution in [2.24, 2.45) is 0 Å². The highest BCUT2D eigenvalue weighted by Gasteiger charge is 2.16. The molecule has 0 radical (unpaired) electrons. The molecule has 0 unspecified atom stereocenters. The number of carbonyl (C=O) groups excluding carboxylic acids is 1. The second-order valence-electron chi connectivity index (χ2n) is 5.70. The van der Waals surface area contributed by atoms with Crippen LogP contribution >= 0.6 is 23.1 Å². The lowest BCUT2D eigenvalue weighted by molar-refractivity contribution is -0.128. The predicted molar refractivity (Wildman–Crippen MR) is 109 cm³/mol. The Balaban J connectivity index is 1.66. The molecule has 1 aromatic carbocycles. The first-order valence-electron chi connectivity index (χ1n) is 8.46. The zero-order valence-electron chi connectivity index (χ0n) is 15.5. The van der Waals surface area contributed by atoms with Gasteiger partial charge < -0.3 is 14.4 Å². The molecule has 0 fully saturated rings. The topological polar surface area (TPSA) is 64.6 Å². The molecule has 0 saturated heterocycles. The SMILES string of the molecule is CCN(Cc1ccc(OC)c(OC)c1)C(=O)CSc1ncnc2ccsc12. The number of amides is 1. The highest BCUT2D eigenvalue weighted by molar-refractivity contribution is 8.00. The van der Waals surface area contributed by atoms with Crippen molar-refractivity contribution in [2.45, 2.75) is 18.5 Å². The van der Waals surface area contributed by atoms with Crippen molar-refractivity contribution >= 4 is 39.2 Å². The highest BCUT2D eigenvalue weighted by Crippen LogP contribution is 2.30. The molecule has 142 valence electrons. The summed E-state index contributed by atoms with van der Waals surface area (Å²) in [6.45, 7) is 3.13. The van der Waals surface area contributed by atoms with Crippen molar-refractivity contribution in [3.05, 3.63) is 41.5 Å². The van der Waals surface area contributed by atoms with E-state index in [-0.39, 0.29) is 5.91 Å². The second kappa shape index (κ2) is 9.05. The third-order valence-electron chi connectivity index (χ3n) is 4.10. The molecule has 0 saturated carbocycles. The lowest BCUT2D eigenvalue weighted by Gasteiger charge is -2.21. The van der Waals surface area contributed by atoms with E-state index < -0.39 is 0 Å². The lowest BCUT2D eigenvalue weighted by atomic mass is 10.2. The molecule has 0 spiro atoms. The van der Waals surface area contributed by atoms with Gasteiger partial charge in [0.05, 0.1) is 30.2 Å². The Morgan fingerprint density at radius 1 is 1.19 bits per heavy atom. The van der Waals surface area contributed by atoms with Crippen LogP contribution < -0.4 is 9.47 Å². The summed E-state index contributed by atoms with van der Waals surface area (Å²) in [4.78, 5) is 23.1. The van der Waals surface area contributed by atoms with E-state index in [9.17, 15) is 4.79 Å². The van der Waals surface area contributed by atoms with Gasteiger partial charge in [-0.2, -0.15) is 0 Å². The quantitative estimate of drug-likeness (QED) is 0.420. The minimum absolute atomic E-state index is 0.0700. The molecule has 3 rings (SSSR count). The summed E-state index contributed by atoms with van der Waals surface area (Å²) in [7, 11) is 3.21. The molecule has 2 aromatic heterocycles. The molecule has 0 aliphatic carbocycles. The maximum absolute atomic E-state index is 12.7. The predicted octanol–water partition coefficient (Wildman–Crippen LogP) is 3.85. The van der Waals surface area contributed by atoms with E-state index in [1.165, 1.54) is 11.8 Å². The molecule has 1 amide bonds. The number of aromatic nitrogens is 2. The van der Waals surface area contributed by atoms with Crippen molar-refractivity contribution in [1.82, 2.24) is 14.9 Å². The van der Waals surface area contributed by atoms with Gasteiger partial charge in [0, 0.05) is 13.1 Å². The molecular weight excluding hydrogens is 382 g/mol. The summed E-state index contributed by atoms with van der Waals surface area (Å²) in [5.41, 5.74) is 1.91. The molecule has 0 atom stereocenters. The van der Waals surface area contributed by atoms with E-state index in [0.29, 0.717) is 30.3 Å². The van der Waals surface area contributed by atoms with Crippen molar-refractivity contribution in [2.75, 3.05) is 26.5 Å². The first-order valence-corrected chi connectivity index (χ1v) is 10.3. The van der Waals surface area contributed by atoms with Crippen molar-refractivity contribution in [3.8, 4) is 11.5 Å². The minimum atomic E-state index is 0.0700. The summed E-state index contributed by atoms with van der Waals surface area (Å²) in [6.07, 6.45) is 1.54. The number of nitrogens with zero attached hydrogens (tertiary/aromatic N) is 3. The number of rotatable bonds is 8. The standard InChI is InChI=1S/C19H21N3O3S2/c1-4-22(10-13-5-6-15(24-2)16(9-13)25-3)17(23)11-27-19-18-14(7-8-26-18)20-12-21-19/h5-9,12H,4,10-11H2,1-3H3. The van der Waals surface area contributed by atoms with Crippen LogP contribution in [0.1, 0.15) is 12.5 Å². The van der Waals surface area contributed by atoms with Crippen LogP contribution in [0.5, 0.6) is 11.5 Å². The number of ether oxygens (including phenoxy) is 2. The van der Waals surface area contributed by atoms with Crippen LogP contribution in [0.25, 0.3) is 10.2 Å². The van der Waals surface area contributed by atoms with E-state index in [1.807, 2.05) is 41.5 Å². The number of hydrogen-bond acceptors (Lipinski definition) is 7. The molecular formula is C19H21N3O3S2. The number of benzene rings is 1. The van der Waals surface area contributed by atoms with Crippen LogP contribution in [0.3, 0.4) is 0 Å². The third kappa shape index (κ3) is 4.51. The Morgan fingerprint density at radius 3 is 2.74 bits per heavy atom. The Bertz CT molecular complexity index is 929. The molecule has 8 heteroatoms. The summed E-state index contributed by atoms with van der Waals surface area (Å²) in [5, 5.41) is 2.84. The first-order chi connectivity index (χ1) is 13.2. The molecule has 0 N–H and O–H groups in total. The van der Waals surface area contributed by atoms with Gasteiger partial charge in [-0.3, -0.25) is 4.79 Å². The van der Waals surface area contributed by atoms with E-state index in [2.05, 4.69) is 9.97 Å². The summed E-state index contributed by atoms with van der Waals surface area (Å²) < 4.78 is 11.6. The van der Waals surface area contributed by atoms with Gasteiger partial charge in [0.2, 0.25) is 5.91 Å². The highest BCUT2D eigenvalue weighted by atomic mass is 32.2. The largest absolute Gasteiger partial charge is 0.493 e. The van der Waals surface area contributed by atoms with Gasteiger partial charge in [0.15, 0.2) is 11.5 Å². The van der Waals surface area contributed by atoms with E-state index >= 15 is 0 Å². The fourth-order valence-corrected chi connectivity index (χ4v) is 4.52. The van der Waals surface area contributed by atoms with Gasteiger partial charge in [-0.1, -0.05) is 17.8 Å². The number of methoxy groups -OCH3 is 2.